The van der Waals surface area contributed by atoms with E-state index in [1.807, 2.05) is 6.07 Å². The van der Waals surface area contributed by atoms with Gasteiger partial charge in [0.1, 0.15) is 11.4 Å². The maximum atomic E-state index is 10.4. The fourth-order valence-corrected chi connectivity index (χ4v) is 1.53. The molecule has 0 fully saturated rings. The van der Waals surface area contributed by atoms with Crippen LogP contribution in [0.4, 0.5) is 0 Å². The quantitative estimate of drug-likeness (QED) is 0.789. The molecule has 0 amide bonds. The first-order valence-corrected chi connectivity index (χ1v) is 5.88. The lowest BCUT2D eigenvalue weighted by molar-refractivity contribution is 0.0558. The lowest BCUT2D eigenvalue weighted by atomic mass is 9.97. The zero-order valence-electron chi connectivity index (χ0n) is 11.0. The average molecular weight is 238 g/mol. The Bertz CT molecular complexity index is 351. The van der Waals surface area contributed by atoms with Crippen LogP contribution < -0.4 is 10.1 Å². The van der Waals surface area contributed by atoms with Gasteiger partial charge in [-0.1, -0.05) is 13.8 Å². The Morgan fingerprint density at radius 2 is 2.18 bits per heavy atom. The molecule has 1 unspecified atom stereocenters. The van der Waals surface area contributed by atoms with Crippen molar-refractivity contribution in [1.82, 2.24) is 10.3 Å². The SMILES string of the molecule is COc1cncc(C(C)(O)CNCC(C)C)c1. The predicted molar refractivity (Wildman–Crippen MR) is 68.1 cm³/mol. The van der Waals surface area contributed by atoms with Gasteiger partial charge in [0.15, 0.2) is 0 Å². The van der Waals surface area contributed by atoms with Crippen molar-refractivity contribution in [2.75, 3.05) is 20.2 Å². The summed E-state index contributed by atoms with van der Waals surface area (Å²) in [6.45, 7) is 7.42. The minimum absolute atomic E-state index is 0.500. The molecule has 1 heterocycles. The Labute approximate surface area is 103 Å². The Morgan fingerprint density at radius 3 is 2.76 bits per heavy atom. The molecule has 96 valence electrons. The lowest BCUT2D eigenvalue weighted by Gasteiger charge is -2.24. The average Bonchev–Trinajstić information content (AvgIpc) is 2.28. The van der Waals surface area contributed by atoms with Crippen LogP contribution in [0.1, 0.15) is 26.3 Å². The topological polar surface area (TPSA) is 54.4 Å². The standard InChI is InChI=1S/C13H22N2O2/c1-10(2)6-15-9-13(3,16)11-5-12(17-4)8-14-7-11/h5,7-8,10,15-16H,6,9H2,1-4H3. The van der Waals surface area contributed by atoms with E-state index in [0.29, 0.717) is 18.2 Å². The molecule has 0 bridgehead atoms. The Morgan fingerprint density at radius 1 is 1.47 bits per heavy atom. The van der Waals surface area contributed by atoms with Crippen LogP contribution in [0.3, 0.4) is 0 Å². The molecule has 1 atom stereocenters. The van der Waals surface area contributed by atoms with Crippen LogP contribution in [0.15, 0.2) is 18.5 Å². The van der Waals surface area contributed by atoms with E-state index in [4.69, 9.17) is 4.74 Å². The molecule has 0 radical (unpaired) electrons. The molecule has 4 nitrogen and oxygen atoms in total. The van der Waals surface area contributed by atoms with E-state index >= 15 is 0 Å². The second-order valence-corrected chi connectivity index (χ2v) is 4.91. The second-order valence-electron chi connectivity index (χ2n) is 4.91. The van der Waals surface area contributed by atoms with Crippen LogP contribution in [0, 0.1) is 5.92 Å². The molecule has 0 aliphatic rings. The maximum absolute atomic E-state index is 10.4. The van der Waals surface area contributed by atoms with Crippen molar-refractivity contribution < 1.29 is 9.84 Å². The first-order valence-electron chi connectivity index (χ1n) is 5.88. The summed E-state index contributed by atoms with van der Waals surface area (Å²) in [5.41, 5.74) is -0.177. The number of hydrogen-bond donors (Lipinski definition) is 2. The van der Waals surface area contributed by atoms with Gasteiger partial charge in [-0.15, -0.1) is 0 Å². The Kier molecular flexibility index (Phi) is 4.90. The van der Waals surface area contributed by atoms with Gasteiger partial charge in [-0.05, 0) is 25.5 Å². The number of rotatable bonds is 6. The van der Waals surface area contributed by atoms with E-state index < -0.39 is 5.60 Å². The van der Waals surface area contributed by atoms with Gasteiger partial charge in [0.25, 0.3) is 0 Å². The predicted octanol–water partition coefficient (Wildman–Crippen LogP) is 1.54. The van der Waals surface area contributed by atoms with Crippen molar-refractivity contribution in [2.45, 2.75) is 26.4 Å². The summed E-state index contributed by atoms with van der Waals surface area (Å²) < 4.78 is 5.10. The van der Waals surface area contributed by atoms with Crippen LogP contribution in [0.25, 0.3) is 0 Å². The van der Waals surface area contributed by atoms with Gasteiger partial charge in [0.2, 0.25) is 0 Å². The molecule has 1 aromatic heterocycles. The van der Waals surface area contributed by atoms with Crippen molar-refractivity contribution in [2.24, 2.45) is 5.92 Å². The van der Waals surface area contributed by atoms with Crippen molar-refractivity contribution in [3.05, 3.63) is 24.0 Å². The van der Waals surface area contributed by atoms with Crippen molar-refractivity contribution >= 4 is 0 Å². The number of ether oxygens (including phenoxy) is 1. The monoisotopic (exact) mass is 238 g/mol. The third-order valence-electron chi connectivity index (χ3n) is 2.59. The summed E-state index contributed by atoms with van der Waals surface area (Å²) in [6, 6.07) is 1.81. The lowest BCUT2D eigenvalue weighted by Crippen LogP contribution is -2.37. The van der Waals surface area contributed by atoms with Crippen molar-refractivity contribution in [3.63, 3.8) is 0 Å². The van der Waals surface area contributed by atoms with Crippen LogP contribution in [-0.4, -0.2) is 30.3 Å². The van der Waals surface area contributed by atoms with Gasteiger partial charge in [0.05, 0.1) is 13.3 Å². The maximum Gasteiger partial charge on any atom is 0.137 e. The minimum Gasteiger partial charge on any atom is -0.495 e. The summed E-state index contributed by atoms with van der Waals surface area (Å²) in [6.07, 6.45) is 3.29. The van der Waals surface area contributed by atoms with Gasteiger partial charge >= 0.3 is 0 Å². The Balaban J connectivity index is 2.67. The number of pyridine rings is 1. The molecule has 1 rings (SSSR count). The van der Waals surface area contributed by atoms with Crippen LogP contribution in [0.2, 0.25) is 0 Å². The fourth-order valence-electron chi connectivity index (χ4n) is 1.53. The molecule has 17 heavy (non-hydrogen) atoms. The van der Waals surface area contributed by atoms with Crippen molar-refractivity contribution in [1.29, 1.82) is 0 Å². The Hall–Kier alpha value is -1.13. The largest absolute Gasteiger partial charge is 0.495 e. The number of aromatic nitrogens is 1. The molecule has 0 aliphatic heterocycles. The minimum atomic E-state index is -0.934. The third-order valence-corrected chi connectivity index (χ3v) is 2.59. The molecule has 0 saturated heterocycles. The molecule has 4 heteroatoms. The zero-order valence-corrected chi connectivity index (χ0v) is 11.0. The second kappa shape index (κ2) is 5.98. The number of hydrogen-bond acceptors (Lipinski definition) is 4. The van der Waals surface area contributed by atoms with Gasteiger partial charge in [-0.25, -0.2) is 0 Å². The molecular formula is C13H22N2O2. The summed E-state index contributed by atoms with van der Waals surface area (Å²) in [5.74, 6) is 1.22. The molecule has 0 saturated carbocycles. The number of nitrogens with zero attached hydrogens (tertiary/aromatic N) is 1. The van der Waals surface area contributed by atoms with Gasteiger partial charge in [-0.2, -0.15) is 0 Å². The highest BCUT2D eigenvalue weighted by Gasteiger charge is 2.23. The van der Waals surface area contributed by atoms with E-state index in [2.05, 4.69) is 24.1 Å². The van der Waals surface area contributed by atoms with E-state index in [9.17, 15) is 5.11 Å². The van der Waals surface area contributed by atoms with E-state index in [1.165, 1.54) is 0 Å². The molecular weight excluding hydrogens is 216 g/mol. The molecule has 1 aromatic rings. The number of methoxy groups -OCH3 is 1. The smallest absolute Gasteiger partial charge is 0.137 e. The fraction of sp³-hybridized carbons (Fsp3) is 0.615. The normalized spacial score (nSPS) is 14.7. The van der Waals surface area contributed by atoms with Gasteiger partial charge < -0.3 is 15.2 Å². The number of nitrogens with one attached hydrogen (secondary N) is 1. The van der Waals surface area contributed by atoms with Gasteiger partial charge in [0, 0.05) is 18.3 Å². The van der Waals surface area contributed by atoms with Crippen LogP contribution in [-0.2, 0) is 5.60 Å². The summed E-state index contributed by atoms with van der Waals surface area (Å²) in [4.78, 5) is 4.05. The van der Waals surface area contributed by atoms with E-state index in [1.54, 1.807) is 26.4 Å². The summed E-state index contributed by atoms with van der Waals surface area (Å²) in [5, 5.41) is 13.6. The first kappa shape index (κ1) is 13.9. The molecule has 0 aliphatic carbocycles. The number of aliphatic hydroxyl groups is 1. The van der Waals surface area contributed by atoms with Crippen LogP contribution in [0.5, 0.6) is 5.75 Å². The summed E-state index contributed by atoms with van der Waals surface area (Å²) in [7, 11) is 1.59. The molecule has 0 aromatic carbocycles. The van der Waals surface area contributed by atoms with E-state index in [-0.39, 0.29) is 0 Å². The van der Waals surface area contributed by atoms with Crippen LogP contribution >= 0.6 is 0 Å². The highest BCUT2D eigenvalue weighted by Crippen LogP contribution is 2.22. The zero-order chi connectivity index (χ0) is 12.9. The molecule has 2 N–H and O–H groups in total. The molecule has 0 spiro atoms. The first-order chi connectivity index (χ1) is 7.95. The third kappa shape index (κ3) is 4.32. The van der Waals surface area contributed by atoms with Gasteiger partial charge in [-0.3, -0.25) is 4.98 Å². The van der Waals surface area contributed by atoms with E-state index in [0.717, 1.165) is 12.1 Å². The van der Waals surface area contributed by atoms with Crippen molar-refractivity contribution in [3.8, 4) is 5.75 Å². The highest BCUT2D eigenvalue weighted by molar-refractivity contribution is 5.27. The summed E-state index contributed by atoms with van der Waals surface area (Å²) >= 11 is 0. The highest BCUT2D eigenvalue weighted by atomic mass is 16.5.